The lowest BCUT2D eigenvalue weighted by Crippen LogP contribution is -1.96. The van der Waals surface area contributed by atoms with Crippen molar-refractivity contribution in [3.8, 4) is 5.75 Å². The van der Waals surface area contributed by atoms with Crippen molar-refractivity contribution >= 4 is 0 Å². The zero-order chi connectivity index (χ0) is 9.80. The smallest absolute Gasteiger partial charge is 0.130 e. The van der Waals surface area contributed by atoms with Crippen LogP contribution in [-0.4, -0.2) is 0 Å². The van der Waals surface area contributed by atoms with Gasteiger partial charge in [0.15, 0.2) is 0 Å². The van der Waals surface area contributed by atoms with E-state index in [4.69, 9.17) is 4.74 Å². The monoisotopic (exact) mass is 186 g/mol. The van der Waals surface area contributed by atoms with E-state index in [1.807, 2.05) is 24.3 Å². The third kappa shape index (κ3) is 2.05. The van der Waals surface area contributed by atoms with Gasteiger partial charge < -0.3 is 4.74 Å². The first-order chi connectivity index (χ1) is 6.86. The summed E-state index contributed by atoms with van der Waals surface area (Å²) in [5, 5.41) is 0. The summed E-state index contributed by atoms with van der Waals surface area (Å²) in [6.45, 7) is 2.06. The second kappa shape index (κ2) is 4.14. The summed E-state index contributed by atoms with van der Waals surface area (Å²) >= 11 is 0. The summed E-state index contributed by atoms with van der Waals surface area (Å²) in [4.78, 5) is 0. The van der Waals surface area contributed by atoms with Crippen LogP contribution in [0.25, 0.3) is 0 Å². The van der Waals surface area contributed by atoms with Gasteiger partial charge in [0.2, 0.25) is 0 Å². The van der Waals surface area contributed by atoms with Gasteiger partial charge in [-0.2, -0.15) is 0 Å². The first-order valence-electron chi connectivity index (χ1n) is 4.96. The summed E-state index contributed by atoms with van der Waals surface area (Å²) in [6, 6.07) is 8.07. The number of para-hydroxylation sites is 1. The molecule has 14 heavy (non-hydrogen) atoms. The minimum Gasteiger partial charge on any atom is -0.457 e. The second-order valence-corrected chi connectivity index (χ2v) is 3.45. The molecule has 0 fully saturated rings. The third-order valence-corrected chi connectivity index (χ3v) is 2.28. The Bertz CT molecular complexity index is 375. The van der Waals surface area contributed by atoms with E-state index in [1.165, 1.54) is 5.56 Å². The maximum Gasteiger partial charge on any atom is 0.130 e. The summed E-state index contributed by atoms with van der Waals surface area (Å²) in [5.41, 5.74) is 1.17. The summed E-state index contributed by atoms with van der Waals surface area (Å²) in [6.07, 6.45) is 8.52. The minimum atomic E-state index is 0.949. The van der Waals surface area contributed by atoms with Gasteiger partial charge in [0, 0.05) is 0 Å². The molecule has 0 N–H and O–H groups in total. The number of ether oxygens (including phenoxy) is 1. The Balaban J connectivity index is 2.14. The van der Waals surface area contributed by atoms with Gasteiger partial charge in [-0.1, -0.05) is 24.3 Å². The fourth-order valence-electron chi connectivity index (χ4n) is 1.46. The van der Waals surface area contributed by atoms with Gasteiger partial charge >= 0.3 is 0 Å². The largest absolute Gasteiger partial charge is 0.457 e. The van der Waals surface area contributed by atoms with Gasteiger partial charge in [-0.25, -0.2) is 0 Å². The van der Waals surface area contributed by atoms with Crippen molar-refractivity contribution in [3.05, 3.63) is 53.8 Å². The molecule has 0 bridgehead atoms. The molecule has 2 rings (SSSR count). The maximum atomic E-state index is 5.76. The maximum absolute atomic E-state index is 5.76. The van der Waals surface area contributed by atoms with E-state index in [2.05, 4.69) is 25.1 Å². The Hall–Kier alpha value is -1.50. The van der Waals surface area contributed by atoms with Crippen LogP contribution in [0.4, 0.5) is 0 Å². The Labute approximate surface area is 84.7 Å². The van der Waals surface area contributed by atoms with Gasteiger partial charge in [0.1, 0.15) is 11.5 Å². The highest BCUT2D eigenvalue weighted by atomic mass is 16.5. The van der Waals surface area contributed by atoms with E-state index in [-0.39, 0.29) is 0 Å². The molecule has 1 heteroatoms. The Morgan fingerprint density at radius 3 is 2.71 bits per heavy atom. The van der Waals surface area contributed by atoms with E-state index in [1.54, 1.807) is 0 Å². The molecule has 1 nitrogen and oxygen atoms in total. The molecule has 0 saturated heterocycles. The Morgan fingerprint density at radius 2 is 2.00 bits per heavy atom. The van der Waals surface area contributed by atoms with Gasteiger partial charge in [-0.3, -0.25) is 0 Å². The molecule has 0 spiro atoms. The first kappa shape index (κ1) is 9.07. The highest BCUT2D eigenvalue weighted by molar-refractivity contribution is 5.34. The predicted molar refractivity (Wildman–Crippen MR) is 58.3 cm³/mol. The van der Waals surface area contributed by atoms with Crippen LogP contribution in [0.5, 0.6) is 5.75 Å². The molecule has 0 saturated carbocycles. The van der Waals surface area contributed by atoms with Crippen LogP contribution in [0.3, 0.4) is 0 Å². The van der Waals surface area contributed by atoms with Crippen LogP contribution in [0.15, 0.2) is 48.3 Å². The van der Waals surface area contributed by atoms with Crippen LogP contribution in [0, 0.1) is 6.92 Å². The van der Waals surface area contributed by atoms with Crippen LogP contribution in [0.1, 0.15) is 18.4 Å². The standard InChI is InChI=1S/C13H14O/c1-11-7-5-6-10-13(11)14-12-8-3-2-4-9-12/h3,5-10H,2,4H2,1H3. The molecule has 1 aromatic carbocycles. The van der Waals surface area contributed by atoms with E-state index in [0.29, 0.717) is 0 Å². The zero-order valence-corrected chi connectivity index (χ0v) is 8.36. The van der Waals surface area contributed by atoms with Crippen molar-refractivity contribution in [2.24, 2.45) is 0 Å². The molecule has 0 amide bonds. The number of hydrogen-bond donors (Lipinski definition) is 0. The van der Waals surface area contributed by atoms with E-state index >= 15 is 0 Å². The average Bonchev–Trinajstić information content (AvgIpc) is 2.23. The fourth-order valence-corrected chi connectivity index (χ4v) is 1.46. The zero-order valence-electron chi connectivity index (χ0n) is 8.36. The topological polar surface area (TPSA) is 9.23 Å². The molecule has 72 valence electrons. The molecule has 0 atom stereocenters. The van der Waals surface area contributed by atoms with E-state index in [9.17, 15) is 0 Å². The molecule has 1 aromatic rings. The van der Waals surface area contributed by atoms with Crippen molar-refractivity contribution in [3.63, 3.8) is 0 Å². The SMILES string of the molecule is Cc1ccccc1OC1=CCCC=C1. The highest BCUT2D eigenvalue weighted by Gasteiger charge is 2.02. The lowest BCUT2D eigenvalue weighted by Gasteiger charge is -2.11. The second-order valence-electron chi connectivity index (χ2n) is 3.45. The van der Waals surface area contributed by atoms with Crippen molar-refractivity contribution in [1.82, 2.24) is 0 Å². The van der Waals surface area contributed by atoms with Crippen molar-refractivity contribution in [1.29, 1.82) is 0 Å². The van der Waals surface area contributed by atoms with Gasteiger partial charge in [-0.15, -0.1) is 0 Å². The normalized spacial score (nSPS) is 15.1. The summed E-state index contributed by atoms with van der Waals surface area (Å²) < 4.78 is 5.76. The number of benzene rings is 1. The number of aryl methyl sites for hydroxylation is 1. The lowest BCUT2D eigenvalue weighted by molar-refractivity contribution is 0.436. The molecule has 0 radical (unpaired) electrons. The van der Waals surface area contributed by atoms with Crippen molar-refractivity contribution in [2.75, 3.05) is 0 Å². The molecule has 0 unspecified atom stereocenters. The van der Waals surface area contributed by atoms with Crippen LogP contribution < -0.4 is 4.74 Å². The average molecular weight is 186 g/mol. The van der Waals surface area contributed by atoms with Crippen molar-refractivity contribution < 1.29 is 4.74 Å². The molecule has 0 heterocycles. The summed E-state index contributed by atoms with van der Waals surface area (Å²) in [7, 11) is 0. The molecular weight excluding hydrogens is 172 g/mol. The lowest BCUT2D eigenvalue weighted by atomic mass is 10.2. The highest BCUT2D eigenvalue weighted by Crippen LogP contribution is 2.21. The summed E-state index contributed by atoms with van der Waals surface area (Å²) in [5.74, 6) is 1.91. The van der Waals surface area contributed by atoms with Crippen LogP contribution in [-0.2, 0) is 0 Å². The minimum absolute atomic E-state index is 0.949. The molecule has 1 aliphatic rings. The Kier molecular flexibility index (Phi) is 2.68. The van der Waals surface area contributed by atoms with Crippen LogP contribution in [0.2, 0.25) is 0 Å². The van der Waals surface area contributed by atoms with Gasteiger partial charge in [0.05, 0.1) is 0 Å². The van der Waals surface area contributed by atoms with Crippen molar-refractivity contribution in [2.45, 2.75) is 19.8 Å². The first-order valence-corrected chi connectivity index (χ1v) is 4.96. The number of rotatable bonds is 2. The predicted octanol–water partition coefficient (Wildman–Crippen LogP) is 3.61. The number of hydrogen-bond acceptors (Lipinski definition) is 1. The van der Waals surface area contributed by atoms with Gasteiger partial charge in [0.25, 0.3) is 0 Å². The molecule has 0 aliphatic heterocycles. The number of allylic oxidation sites excluding steroid dienone is 3. The molecule has 0 aromatic heterocycles. The quantitative estimate of drug-likeness (QED) is 0.685. The third-order valence-electron chi connectivity index (χ3n) is 2.28. The van der Waals surface area contributed by atoms with Crippen LogP contribution >= 0.6 is 0 Å². The molecular formula is C13H14O. The Morgan fingerprint density at radius 1 is 1.14 bits per heavy atom. The van der Waals surface area contributed by atoms with Gasteiger partial charge in [-0.05, 0) is 43.5 Å². The van der Waals surface area contributed by atoms with E-state index in [0.717, 1.165) is 24.4 Å². The fraction of sp³-hybridized carbons (Fsp3) is 0.231. The van der Waals surface area contributed by atoms with E-state index < -0.39 is 0 Å². The molecule has 1 aliphatic carbocycles.